The molecular formula is C17H14FN3O3. The molecule has 7 heteroatoms. The molecule has 0 spiro atoms. The lowest BCUT2D eigenvalue weighted by atomic mass is 10.1. The number of pyridine rings is 1. The van der Waals surface area contributed by atoms with Crippen LogP contribution in [0.5, 0.6) is 5.75 Å². The molecule has 0 saturated carbocycles. The number of fused-ring (bicyclic) bond motifs is 1. The third-order valence-electron chi connectivity index (χ3n) is 3.59. The predicted molar refractivity (Wildman–Crippen MR) is 90.1 cm³/mol. The van der Waals surface area contributed by atoms with Crippen LogP contribution in [0.15, 0.2) is 47.3 Å². The molecule has 0 aliphatic carbocycles. The highest BCUT2D eigenvalue weighted by atomic mass is 19.1. The first-order valence-corrected chi connectivity index (χ1v) is 7.14. The van der Waals surface area contributed by atoms with Crippen LogP contribution in [-0.4, -0.2) is 23.0 Å². The van der Waals surface area contributed by atoms with E-state index in [0.29, 0.717) is 11.4 Å². The summed E-state index contributed by atoms with van der Waals surface area (Å²) in [5.74, 6) is -1.96. The standard InChI is InChI=1S/C17H14FN3O3/c1-19-12-8-9(18)7-11-14(12)21-17(24)13(15(11)22)16(23)20-10-5-3-2-4-6-10/h2-8,19H,1H3,(H,20,23)(H2,21,22,24). The minimum Gasteiger partial charge on any atom is -0.506 e. The molecular weight excluding hydrogens is 313 g/mol. The van der Waals surface area contributed by atoms with Gasteiger partial charge in [0.05, 0.1) is 11.2 Å². The molecule has 3 rings (SSSR count). The molecule has 2 aromatic carbocycles. The summed E-state index contributed by atoms with van der Waals surface area (Å²) >= 11 is 0. The van der Waals surface area contributed by atoms with Gasteiger partial charge in [0.2, 0.25) is 0 Å². The Kier molecular flexibility index (Phi) is 3.91. The smallest absolute Gasteiger partial charge is 0.265 e. The number of aromatic amines is 1. The zero-order chi connectivity index (χ0) is 17.3. The fourth-order valence-corrected chi connectivity index (χ4v) is 2.47. The normalized spacial score (nSPS) is 10.6. The third-order valence-corrected chi connectivity index (χ3v) is 3.59. The number of nitrogens with one attached hydrogen (secondary N) is 3. The van der Waals surface area contributed by atoms with Gasteiger partial charge in [-0.15, -0.1) is 0 Å². The van der Waals surface area contributed by atoms with Crippen LogP contribution in [0.3, 0.4) is 0 Å². The lowest BCUT2D eigenvalue weighted by molar-refractivity contribution is 0.102. The topological polar surface area (TPSA) is 94.2 Å². The van der Waals surface area contributed by atoms with Crippen molar-refractivity contribution in [1.29, 1.82) is 0 Å². The van der Waals surface area contributed by atoms with Crippen LogP contribution in [0.1, 0.15) is 10.4 Å². The number of halogens is 1. The number of carbonyl (C=O) groups is 1. The lowest BCUT2D eigenvalue weighted by Crippen LogP contribution is -2.23. The van der Waals surface area contributed by atoms with Crippen LogP contribution < -0.4 is 16.2 Å². The van der Waals surface area contributed by atoms with E-state index in [1.165, 1.54) is 6.07 Å². The van der Waals surface area contributed by atoms with Gasteiger partial charge in [0.1, 0.15) is 17.1 Å². The molecule has 6 nitrogen and oxygen atoms in total. The Morgan fingerprint density at radius 3 is 2.58 bits per heavy atom. The second-order valence-corrected chi connectivity index (χ2v) is 5.12. The predicted octanol–water partition coefficient (Wildman–Crippen LogP) is 2.67. The zero-order valence-electron chi connectivity index (χ0n) is 12.7. The Morgan fingerprint density at radius 2 is 1.92 bits per heavy atom. The summed E-state index contributed by atoms with van der Waals surface area (Å²) in [6, 6.07) is 10.7. The number of aromatic hydroxyl groups is 1. The number of rotatable bonds is 3. The van der Waals surface area contributed by atoms with Crippen LogP contribution in [0.25, 0.3) is 10.9 Å². The van der Waals surface area contributed by atoms with Gasteiger partial charge in [0.15, 0.2) is 0 Å². The molecule has 0 saturated heterocycles. The SMILES string of the molecule is CNc1cc(F)cc2c(O)c(C(=O)Nc3ccccc3)c(=O)[nH]c12. The van der Waals surface area contributed by atoms with Crippen molar-refractivity contribution in [2.75, 3.05) is 17.7 Å². The average Bonchev–Trinajstić information content (AvgIpc) is 2.56. The van der Waals surface area contributed by atoms with Crippen LogP contribution in [0.2, 0.25) is 0 Å². The van der Waals surface area contributed by atoms with Gasteiger partial charge in [0.25, 0.3) is 11.5 Å². The molecule has 1 heterocycles. The van der Waals surface area contributed by atoms with E-state index in [4.69, 9.17) is 0 Å². The van der Waals surface area contributed by atoms with Gasteiger partial charge in [-0.2, -0.15) is 0 Å². The quantitative estimate of drug-likeness (QED) is 0.595. The van der Waals surface area contributed by atoms with Gasteiger partial charge in [-0.3, -0.25) is 9.59 Å². The number of anilines is 2. The first-order chi connectivity index (χ1) is 11.5. The van der Waals surface area contributed by atoms with Crippen molar-refractivity contribution in [3.8, 4) is 5.75 Å². The Labute approximate surface area is 136 Å². The van der Waals surface area contributed by atoms with Gasteiger partial charge >= 0.3 is 0 Å². The molecule has 1 aromatic heterocycles. The molecule has 0 fully saturated rings. The van der Waals surface area contributed by atoms with E-state index in [1.54, 1.807) is 37.4 Å². The van der Waals surface area contributed by atoms with E-state index in [0.717, 1.165) is 6.07 Å². The number of hydrogen-bond acceptors (Lipinski definition) is 4. The maximum atomic E-state index is 13.7. The summed E-state index contributed by atoms with van der Waals surface area (Å²) in [4.78, 5) is 27.1. The van der Waals surface area contributed by atoms with Gasteiger partial charge in [-0.05, 0) is 24.3 Å². The van der Waals surface area contributed by atoms with Crippen molar-refractivity contribution in [3.05, 3.63) is 64.2 Å². The summed E-state index contributed by atoms with van der Waals surface area (Å²) in [7, 11) is 1.56. The van der Waals surface area contributed by atoms with Crippen LogP contribution >= 0.6 is 0 Å². The van der Waals surface area contributed by atoms with Crippen molar-refractivity contribution in [1.82, 2.24) is 4.98 Å². The first kappa shape index (κ1) is 15.5. The summed E-state index contributed by atoms with van der Waals surface area (Å²) in [6.45, 7) is 0. The first-order valence-electron chi connectivity index (χ1n) is 7.14. The summed E-state index contributed by atoms with van der Waals surface area (Å²) in [5, 5.41) is 15.6. The lowest BCUT2D eigenvalue weighted by Gasteiger charge is -2.11. The highest BCUT2D eigenvalue weighted by Gasteiger charge is 2.21. The molecule has 1 amide bonds. The van der Waals surface area contributed by atoms with Crippen molar-refractivity contribution in [2.24, 2.45) is 0 Å². The Hall–Kier alpha value is -3.35. The number of carbonyl (C=O) groups excluding carboxylic acids is 1. The second kappa shape index (κ2) is 6.04. The fourth-order valence-electron chi connectivity index (χ4n) is 2.47. The molecule has 0 bridgehead atoms. The van der Waals surface area contributed by atoms with E-state index in [2.05, 4.69) is 15.6 Å². The highest BCUT2D eigenvalue weighted by molar-refractivity contribution is 6.10. The summed E-state index contributed by atoms with van der Waals surface area (Å²) in [5.41, 5.74) is -0.253. The highest BCUT2D eigenvalue weighted by Crippen LogP contribution is 2.30. The molecule has 0 aliphatic heterocycles. The Morgan fingerprint density at radius 1 is 1.21 bits per heavy atom. The van der Waals surface area contributed by atoms with Crippen molar-refractivity contribution >= 4 is 28.2 Å². The second-order valence-electron chi connectivity index (χ2n) is 5.12. The number of benzene rings is 2. The molecule has 0 aliphatic rings. The van der Waals surface area contributed by atoms with Gasteiger partial charge in [0, 0.05) is 18.1 Å². The van der Waals surface area contributed by atoms with Gasteiger partial charge < -0.3 is 20.7 Å². The molecule has 3 aromatic rings. The van der Waals surface area contributed by atoms with Crippen LogP contribution in [-0.2, 0) is 0 Å². The van der Waals surface area contributed by atoms with Crippen LogP contribution in [0, 0.1) is 5.82 Å². The Balaban J connectivity index is 2.15. The van der Waals surface area contributed by atoms with Crippen molar-refractivity contribution in [3.63, 3.8) is 0 Å². The number of aromatic nitrogens is 1. The van der Waals surface area contributed by atoms with Crippen LogP contribution in [0.4, 0.5) is 15.8 Å². The largest absolute Gasteiger partial charge is 0.506 e. The van der Waals surface area contributed by atoms with E-state index in [1.807, 2.05) is 0 Å². The summed E-state index contributed by atoms with van der Waals surface area (Å²) in [6.07, 6.45) is 0. The monoisotopic (exact) mass is 327 g/mol. The minimum absolute atomic E-state index is 0.0390. The molecule has 122 valence electrons. The van der Waals surface area contributed by atoms with Gasteiger partial charge in [-0.1, -0.05) is 18.2 Å². The number of para-hydroxylation sites is 1. The maximum absolute atomic E-state index is 13.7. The van der Waals surface area contributed by atoms with Gasteiger partial charge in [-0.25, -0.2) is 4.39 Å². The average molecular weight is 327 g/mol. The van der Waals surface area contributed by atoms with E-state index in [9.17, 15) is 19.1 Å². The van der Waals surface area contributed by atoms with Crippen molar-refractivity contribution in [2.45, 2.75) is 0 Å². The minimum atomic E-state index is -0.780. The van der Waals surface area contributed by atoms with Crippen molar-refractivity contribution < 1.29 is 14.3 Å². The molecule has 0 unspecified atom stereocenters. The third kappa shape index (κ3) is 2.67. The number of hydrogen-bond donors (Lipinski definition) is 4. The van der Waals surface area contributed by atoms with E-state index in [-0.39, 0.29) is 10.9 Å². The fraction of sp³-hybridized carbons (Fsp3) is 0.0588. The zero-order valence-corrected chi connectivity index (χ0v) is 12.7. The Bertz CT molecular complexity index is 984. The molecule has 24 heavy (non-hydrogen) atoms. The molecule has 0 atom stereocenters. The molecule has 0 radical (unpaired) electrons. The summed E-state index contributed by atoms with van der Waals surface area (Å²) < 4.78 is 13.7. The number of H-pyrrole nitrogens is 1. The van der Waals surface area contributed by atoms with E-state index >= 15 is 0 Å². The van der Waals surface area contributed by atoms with E-state index < -0.39 is 28.6 Å². The maximum Gasteiger partial charge on any atom is 0.265 e. The molecule has 4 N–H and O–H groups in total. The number of amides is 1.